The number of halogens is 1. The van der Waals surface area contributed by atoms with Crippen LogP contribution in [0.15, 0.2) is 6.07 Å². The number of ketones is 4. The standard InChI is InChI=1S/C26H30ClN3O7/c1-29(2)20-14-8-11-7-13-17(15(31)9-12(19(13)27)10-30-5-3-4-6-30)21(32)16(11)23(34)26(14,37)24(35)18(22(20)33)25(28)36/h9,11,14,16,18,20,31,37H,3-8,10H2,1-2H3,(H2,28,36)/t11-,14-,16?,18?,20-,26-/m0/s1. The van der Waals surface area contributed by atoms with Crippen molar-refractivity contribution in [3.8, 4) is 5.75 Å². The molecule has 0 radical (unpaired) electrons. The largest absolute Gasteiger partial charge is 0.507 e. The van der Waals surface area contributed by atoms with Crippen LogP contribution in [-0.2, 0) is 32.1 Å². The zero-order valence-electron chi connectivity index (χ0n) is 20.7. The number of phenols is 1. The number of Topliss-reactive ketones (excluding diaryl/α,β-unsaturated/α-hetero) is 4. The number of nitrogens with zero attached hydrogens (tertiary/aromatic N) is 2. The van der Waals surface area contributed by atoms with Crippen LogP contribution in [0, 0.1) is 23.7 Å². The van der Waals surface area contributed by atoms with E-state index < -0.39 is 64.4 Å². The first-order chi connectivity index (χ1) is 17.4. The number of primary amides is 1. The summed E-state index contributed by atoms with van der Waals surface area (Å²) in [5.74, 6) is -10.6. The Morgan fingerprint density at radius 1 is 1.19 bits per heavy atom. The van der Waals surface area contributed by atoms with E-state index in [1.807, 2.05) is 0 Å². The predicted octanol–water partition coefficient (Wildman–Crippen LogP) is 0.116. The molecule has 0 spiro atoms. The first-order valence-corrected chi connectivity index (χ1v) is 12.9. The van der Waals surface area contributed by atoms with Gasteiger partial charge in [0.15, 0.2) is 34.7 Å². The van der Waals surface area contributed by atoms with Crippen molar-refractivity contribution in [1.29, 1.82) is 0 Å². The molecular formula is C26H30ClN3O7. The van der Waals surface area contributed by atoms with Crippen molar-refractivity contribution in [2.75, 3.05) is 27.2 Å². The number of phenolic OH excluding ortho intramolecular Hbond substituents is 1. The van der Waals surface area contributed by atoms with E-state index in [2.05, 4.69) is 4.90 Å². The van der Waals surface area contributed by atoms with Crippen molar-refractivity contribution >= 4 is 40.6 Å². The van der Waals surface area contributed by atoms with Gasteiger partial charge in [0.05, 0.1) is 17.5 Å². The van der Waals surface area contributed by atoms with E-state index in [0.717, 1.165) is 25.9 Å². The van der Waals surface area contributed by atoms with Gasteiger partial charge in [-0.3, -0.25) is 33.8 Å². The van der Waals surface area contributed by atoms with Gasteiger partial charge in [0, 0.05) is 17.5 Å². The zero-order chi connectivity index (χ0) is 27.0. The molecule has 1 saturated heterocycles. The fraction of sp³-hybridized carbons (Fsp3) is 0.577. The second kappa shape index (κ2) is 8.97. The maximum Gasteiger partial charge on any atom is 0.235 e. The monoisotopic (exact) mass is 531 g/mol. The molecule has 37 heavy (non-hydrogen) atoms. The van der Waals surface area contributed by atoms with Crippen LogP contribution in [0.4, 0.5) is 0 Å². The lowest BCUT2D eigenvalue weighted by molar-refractivity contribution is -0.181. The zero-order valence-corrected chi connectivity index (χ0v) is 21.5. The summed E-state index contributed by atoms with van der Waals surface area (Å²) in [6.45, 7) is 2.34. The normalized spacial score (nSPS) is 33.9. The van der Waals surface area contributed by atoms with Gasteiger partial charge in [0.2, 0.25) is 5.91 Å². The summed E-state index contributed by atoms with van der Waals surface area (Å²) in [5.41, 5.74) is 3.64. The van der Waals surface area contributed by atoms with Crippen LogP contribution >= 0.6 is 11.6 Å². The van der Waals surface area contributed by atoms with Gasteiger partial charge in [-0.05, 0) is 76.0 Å². The number of hydrogen-bond acceptors (Lipinski definition) is 9. The van der Waals surface area contributed by atoms with Crippen molar-refractivity contribution in [1.82, 2.24) is 9.80 Å². The maximum atomic E-state index is 13.8. The Morgan fingerprint density at radius 2 is 1.84 bits per heavy atom. The van der Waals surface area contributed by atoms with Crippen molar-refractivity contribution in [3.05, 3.63) is 27.8 Å². The highest BCUT2D eigenvalue weighted by molar-refractivity contribution is 6.34. The molecule has 4 N–H and O–H groups in total. The number of carbonyl (C=O) groups is 5. The quantitative estimate of drug-likeness (QED) is 0.458. The third kappa shape index (κ3) is 3.68. The molecule has 5 rings (SSSR count). The van der Waals surface area contributed by atoms with Crippen LogP contribution in [0.5, 0.6) is 5.75 Å². The number of nitrogens with two attached hydrogens (primary N) is 1. The van der Waals surface area contributed by atoms with E-state index in [-0.39, 0.29) is 24.2 Å². The minimum atomic E-state index is -2.73. The lowest BCUT2D eigenvalue weighted by atomic mass is 9.52. The van der Waals surface area contributed by atoms with Crippen molar-refractivity contribution in [3.63, 3.8) is 0 Å². The number of benzene rings is 1. The molecule has 1 aromatic carbocycles. The van der Waals surface area contributed by atoms with E-state index in [4.69, 9.17) is 17.3 Å². The molecular weight excluding hydrogens is 502 g/mol. The van der Waals surface area contributed by atoms with Gasteiger partial charge in [0.25, 0.3) is 0 Å². The Labute approximate surface area is 218 Å². The molecule has 1 aromatic rings. The summed E-state index contributed by atoms with van der Waals surface area (Å²) in [4.78, 5) is 69.6. The van der Waals surface area contributed by atoms with Crippen LogP contribution in [0.25, 0.3) is 0 Å². The average molecular weight is 532 g/mol. The van der Waals surface area contributed by atoms with Crippen LogP contribution in [-0.4, -0.2) is 87.9 Å². The second-order valence-electron chi connectivity index (χ2n) is 11.0. The van der Waals surface area contributed by atoms with Gasteiger partial charge in [-0.15, -0.1) is 0 Å². The summed E-state index contributed by atoms with van der Waals surface area (Å²) < 4.78 is 0. The van der Waals surface area contributed by atoms with E-state index in [9.17, 15) is 34.2 Å². The SMILES string of the molecule is CN(C)[C@@H]1C(=O)C(C(N)=O)C(=O)[C@@]2(O)C(=O)C3C(=O)c4c(O)cc(CN5CCCC5)c(Cl)c4C[C@H]3C[C@@H]12. The van der Waals surface area contributed by atoms with Gasteiger partial charge >= 0.3 is 0 Å². The molecule has 1 amide bonds. The highest BCUT2D eigenvalue weighted by atomic mass is 35.5. The molecule has 1 aliphatic heterocycles. The molecule has 0 bridgehead atoms. The number of likely N-dealkylation sites (tertiary alicyclic amines) is 1. The molecule has 11 heteroatoms. The average Bonchev–Trinajstić information content (AvgIpc) is 3.32. The number of fused-ring (bicyclic) bond motifs is 3. The smallest absolute Gasteiger partial charge is 0.235 e. The molecule has 3 fully saturated rings. The molecule has 10 nitrogen and oxygen atoms in total. The number of rotatable bonds is 4. The number of amides is 1. The summed E-state index contributed by atoms with van der Waals surface area (Å²) >= 11 is 6.76. The molecule has 2 saturated carbocycles. The Hall–Kier alpha value is -2.66. The van der Waals surface area contributed by atoms with E-state index in [1.165, 1.54) is 11.0 Å². The number of hydrogen-bond donors (Lipinski definition) is 3. The minimum absolute atomic E-state index is 0.00264. The molecule has 1 heterocycles. The highest BCUT2D eigenvalue weighted by Gasteiger charge is 2.69. The van der Waals surface area contributed by atoms with E-state index >= 15 is 0 Å². The van der Waals surface area contributed by atoms with Crippen molar-refractivity contribution in [2.45, 2.75) is 43.9 Å². The first-order valence-electron chi connectivity index (χ1n) is 12.5. The summed E-state index contributed by atoms with van der Waals surface area (Å²) in [6, 6.07) is 0.310. The molecule has 0 aromatic heterocycles. The van der Waals surface area contributed by atoms with Gasteiger partial charge in [-0.25, -0.2) is 0 Å². The van der Waals surface area contributed by atoms with Crippen molar-refractivity contribution in [2.24, 2.45) is 29.4 Å². The highest BCUT2D eigenvalue weighted by Crippen LogP contribution is 2.51. The number of likely N-dealkylation sites (N-methyl/N-ethyl adjacent to an activating group) is 1. The minimum Gasteiger partial charge on any atom is -0.507 e. The fourth-order valence-electron chi connectivity index (χ4n) is 7.00. The van der Waals surface area contributed by atoms with Gasteiger partial charge in [0.1, 0.15) is 5.75 Å². The number of carbonyl (C=O) groups excluding carboxylic acids is 5. The van der Waals surface area contributed by atoms with Crippen LogP contribution in [0.1, 0.15) is 40.7 Å². The third-order valence-electron chi connectivity index (χ3n) is 8.66. The lowest BCUT2D eigenvalue weighted by Gasteiger charge is -2.52. The van der Waals surface area contributed by atoms with Gasteiger partial charge in [-0.2, -0.15) is 0 Å². The van der Waals surface area contributed by atoms with Crippen LogP contribution < -0.4 is 5.73 Å². The van der Waals surface area contributed by atoms with Crippen LogP contribution in [0.2, 0.25) is 5.02 Å². The van der Waals surface area contributed by atoms with Gasteiger partial charge < -0.3 is 15.9 Å². The van der Waals surface area contributed by atoms with Gasteiger partial charge in [-0.1, -0.05) is 11.6 Å². The molecule has 198 valence electrons. The summed E-state index contributed by atoms with van der Waals surface area (Å²) in [7, 11) is 3.10. The Morgan fingerprint density at radius 3 is 2.43 bits per heavy atom. The molecule has 6 atom stereocenters. The van der Waals surface area contributed by atoms with E-state index in [1.54, 1.807) is 14.1 Å². The fourth-order valence-corrected chi connectivity index (χ4v) is 7.29. The van der Waals surface area contributed by atoms with E-state index in [0.29, 0.717) is 22.7 Å². The predicted molar refractivity (Wildman–Crippen MR) is 131 cm³/mol. The topological polar surface area (TPSA) is 158 Å². The number of aromatic hydroxyl groups is 1. The summed E-state index contributed by atoms with van der Waals surface area (Å²) in [6.07, 6.45) is 2.30. The summed E-state index contributed by atoms with van der Waals surface area (Å²) in [5, 5.41) is 22.8. The Kier molecular flexibility index (Phi) is 6.30. The Balaban J connectivity index is 1.58. The Bertz CT molecular complexity index is 1240. The third-order valence-corrected chi connectivity index (χ3v) is 9.13. The number of aliphatic hydroxyl groups is 1. The molecule has 4 aliphatic rings. The first kappa shape index (κ1) is 26.0. The second-order valence-corrected chi connectivity index (χ2v) is 11.4. The molecule has 2 unspecified atom stereocenters. The van der Waals surface area contributed by atoms with Crippen molar-refractivity contribution < 1.29 is 34.2 Å². The van der Waals surface area contributed by atoms with Crippen LogP contribution in [0.3, 0.4) is 0 Å². The maximum absolute atomic E-state index is 13.8. The lowest BCUT2D eigenvalue weighted by Crippen LogP contribution is -2.74. The molecule has 3 aliphatic carbocycles.